The number of carbonyl (C=O) groups is 1. The first kappa shape index (κ1) is 19.5. The van der Waals surface area contributed by atoms with Crippen LogP contribution in [0.4, 0.5) is 10.5 Å². The van der Waals surface area contributed by atoms with Crippen LogP contribution in [0.1, 0.15) is 13.3 Å². The molecule has 3 rings (SSSR count). The first-order valence-corrected chi connectivity index (χ1v) is 8.67. The summed E-state index contributed by atoms with van der Waals surface area (Å²) in [4.78, 5) is 36.3. The predicted molar refractivity (Wildman–Crippen MR) is 95.3 cm³/mol. The fraction of sp³-hybridized carbons (Fsp3) is 0.500. The zero-order valence-corrected chi connectivity index (χ0v) is 15.1. The minimum Gasteiger partial charge on any atom is -0.410 e. The standard InChI is InChI=1S/C16H19N5O7/c1-11-8-12(10-27-11)9-18-6-7-19(15(18)17-21(25)26)16(22)28-14-4-2-13(3-5-14)20(23)24/h2-5,11-12H,6-10H2,1H3. The summed E-state index contributed by atoms with van der Waals surface area (Å²) in [7, 11) is 0. The molecule has 28 heavy (non-hydrogen) atoms. The lowest BCUT2D eigenvalue weighted by atomic mass is 10.1. The van der Waals surface area contributed by atoms with Crippen molar-refractivity contribution >= 4 is 17.7 Å². The number of guanidine groups is 1. The molecule has 12 nitrogen and oxygen atoms in total. The van der Waals surface area contributed by atoms with Gasteiger partial charge in [0.2, 0.25) is 0 Å². The van der Waals surface area contributed by atoms with Crippen LogP contribution in [0.15, 0.2) is 29.4 Å². The Balaban J connectivity index is 1.69. The second-order valence-corrected chi connectivity index (χ2v) is 6.60. The summed E-state index contributed by atoms with van der Waals surface area (Å²) in [6, 6.07) is 4.97. The molecule has 2 aliphatic heterocycles. The van der Waals surface area contributed by atoms with Crippen molar-refractivity contribution in [2.24, 2.45) is 11.0 Å². The van der Waals surface area contributed by atoms with Gasteiger partial charge in [0, 0.05) is 31.1 Å². The Kier molecular flexibility index (Phi) is 5.68. The number of ether oxygens (including phenoxy) is 2. The van der Waals surface area contributed by atoms with Crippen LogP contribution in [0, 0.1) is 26.1 Å². The summed E-state index contributed by atoms with van der Waals surface area (Å²) in [5, 5.41) is 24.1. The van der Waals surface area contributed by atoms with Crippen LogP contribution in [-0.4, -0.2) is 64.2 Å². The number of nitrogens with zero attached hydrogens (tertiary/aromatic N) is 5. The van der Waals surface area contributed by atoms with Crippen LogP contribution in [0.25, 0.3) is 0 Å². The van der Waals surface area contributed by atoms with Crippen molar-refractivity contribution in [2.45, 2.75) is 19.4 Å². The van der Waals surface area contributed by atoms with Crippen LogP contribution >= 0.6 is 0 Å². The Morgan fingerprint density at radius 1 is 1.29 bits per heavy atom. The smallest absolute Gasteiger partial charge is 0.410 e. The lowest BCUT2D eigenvalue weighted by molar-refractivity contribution is -0.486. The molecule has 0 N–H and O–H groups in total. The zero-order chi connectivity index (χ0) is 20.3. The molecule has 0 saturated carbocycles. The first-order chi connectivity index (χ1) is 13.3. The lowest BCUT2D eigenvalue weighted by Crippen LogP contribution is -2.41. The first-order valence-electron chi connectivity index (χ1n) is 8.67. The molecule has 1 aromatic rings. The number of hydrazone groups is 1. The highest BCUT2D eigenvalue weighted by atomic mass is 16.7. The molecule has 1 amide bonds. The van der Waals surface area contributed by atoms with Crippen LogP contribution < -0.4 is 4.74 Å². The highest BCUT2D eigenvalue weighted by Gasteiger charge is 2.37. The van der Waals surface area contributed by atoms with Crippen molar-refractivity contribution in [3.63, 3.8) is 0 Å². The molecule has 2 saturated heterocycles. The van der Waals surface area contributed by atoms with Gasteiger partial charge >= 0.3 is 6.09 Å². The number of carbonyl (C=O) groups excluding carboxylic acids is 1. The molecule has 2 atom stereocenters. The average molecular weight is 393 g/mol. The fourth-order valence-electron chi connectivity index (χ4n) is 3.26. The molecular weight excluding hydrogens is 374 g/mol. The molecule has 0 bridgehead atoms. The van der Waals surface area contributed by atoms with E-state index in [-0.39, 0.29) is 36.0 Å². The van der Waals surface area contributed by atoms with Gasteiger partial charge < -0.3 is 14.4 Å². The third-order valence-electron chi connectivity index (χ3n) is 4.52. The second kappa shape index (κ2) is 8.17. The summed E-state index contributed by atoms with van der Waals surface area (Å²) < 4.78 is 10.7. The van der Waals surface area contributed by atoms with Crippen molar-refractivity contribution in [1.82, 2.24) is 9.80 Å². The molecule has 0 radical (unpaired) electrons. The fourth-order valence-corrected chi connectivity index (χ4v) is 3.26. The van der Waals surface area contributed by atoms with Crippen LogP contribution in [-0.2, 0) is 4.74 Å². The number of nitro benzene ring substituents is 1. The quantitative estimate of drug-likeness (QED) is 0.543. The van der Waals surface area contributed by atoms with E-state index in [1.54, 1.807) is 4.90 Å². The third kappa shape index (κ3) is 4.52. The highest BCUT2D eigenvalue weighted by molar-refractivity contribution is 5.96. The van der Waals surface area contributed by atoms with Gasteiger partial charge in [0.25, 0.3) is 11.6 Å². The Hall–Kier alpha value is -3.28. The molecule has 2 aliphatic rings. The van der Waals surface area contributed by atoms with E-state index in [4.69, 9.17) is 9.47 Å². The summed E-state index contributed by atoms with van der Waals surface area (Å²) in [5.41, 5.74) is -0.143. The van der Waals surface area contributed by atoms with Gasteiger partial charge in [0.1, 0.15) is 10.9 Å². The normalized spacial score (nSPS) is 23.2. The largest absolute Gasteiger partial charge is 0.422 e. The van der Waals surface area contributed by atoms with Gasteiger partial charge in [-0.25, -0.2) is 19.8 Å². The van der Waals surface area contributed by atoms with Crippen LogP contribution in [0.2, 0.25) is 0 Å². The van der Waals surface area contributed by atoms with Gasteiger partial charge in [-0.15, -0.1) is 0 Å². The van der Waals surface area contributed by atoms with Crippen molar-refractivity contribution in [3.8, 4) is 5.75 Å². The molecule has 2 fully saturated rings. The Bertz CT molecular complexity index is 797. The third-order valence-corrected chi connectivity index (χ3v) is 4.52. The van der Waals surface area contributed by atoms with Crippen molar-refractivity contribution in [2.75, 3.05) is 26.2 Å². The van der Waals surface area contributed by atoms with Crippen LogP contribution in [0.5, 0.6) is 5.75 Å². The summed E-state index contributed by atoms with van der Waals surface area (Å²) in [6.45, 7) is 3.56. The van der Waals surface area contributed by atoms with E-state index in [0.717, 1.165) is 11.3 Å². The maximum absolute atomic E-state index is 12.5. The van der Waals surface area contributed by atoms with Gasteiger partial charge in [-0.05, 0) is 25.5 Å². The molecule has 12 heteroatoms. The average Bonchev–Trinajstić information content (AvgIpc) is 3.22. The minimum atomic E-state index is -0.854. The van der Waals surface area contributed by atoms with E-state index in [0.29, 0.717) is 19.7 Å². The molecule has 150 valence electrons. The number of nitro groups is 2. The maximum Gasteiger partial charge on any atom is 0.422 e. The topological polar surface area (TPSA) is 141 Å². The summed E-state index contributed by atoms with van der Waals surface area (Å²) in [6.07, 6.45) is 0.120. The SMILES string of the molecule is CC1CC(CN2CCN(C(=O)Oc3ccc([N+](=O)[O-])cc3)C2=N[N+](=O)[O-])CO1. The van der Waals surface area contributed by atoms with Gasteiger partial charge in [-0.3, -0.25) is 10.1 Å². The monoisotopic (exact) mass is 393 g/mol. The number of benzene rings is 1. The maximum atomic E-state index is 12.5. The van der Waals surface area contributed by atoms with Gasteiger partial charge in [-0.1, -0.05) is 0 Å². The van der Waals surface area contributed by atoms with Crippen molar-refractivity contribution in [1.29, 1.82) is 0 Å². The number of amides is 1. The molecule has 2 heterocycles. The van der Waals surface area contributed by atoms with Gasteiger partial charge in [0.15, 0.2) is 5.03 Å². The van der Waals surface area contributed by atoms with Crippen molar-refractivity contribution in [3.05, 3.63) is 44.5 Å². The van der Waals surface area contributed by atoms with E-state index in [9.17, 15) is 25.0 Å². The van der Waals surface area contributed by atoms with E-state index >= 15 is 0 Å². The highest BCUT2D eigenvalue weighted by Crippen LogP contribution is 2.23. The number of hydrogen-bond acceptors (Lipinski definition) is 7. The Morgan fingerprint density at radius 2 is 2.00 bits per heavy atom. The van der Waals surface area contributed by atoms with E-state index in [1.807, 2.05) is 6.92 Å². The molecule has 1 aromatic carbocycles. The Labute approximate surface area is 159 Å². The molecule has 0 aliphatic carbocycles. The molecule has 2 unspecified atom stereocenters. The van der Waals surface area contributed by atoms with Crippen molar-refractivity contribution < 1.29 is 24.2 Å². The Morgan fingerprint density at radius 3 is 2.57 bits per heavy atom. The predicted octanol–water partition coefficient (Wildman–Crippen LogP) is 1.68. The number of rotatable bonds is 5. The van der Waals surface area contributed by atoms with E-state index in [1.165, 1.54) is 24.3 Å². The summed E-state index contributed by atoms with van der Waals surface area (Å²) in [5.74, 6) is 0.196. The van der Waals surface area contributed by atoms with E-state index < -0.39 is 16.0 Å². The molecule has 0 aromatic heterocycles. The summed E-state index contributed by atoms with van der Waals surface area (Å²) >= 11 is 0. The molecule has 0 spiro atoms. The zero-order valence-electron chi connectivity index (χ0n) is 15.1. The number of hydrogen-bond donors (Lipinski definition) is 0. The van der Waals surface area contributed by atoms with Crippen LogP contribution in [0.3, 0.4) is 0 Å². The van der Waals surface area contributed by atoms with E-state index in [2.05, 4.69) is 5.10 Å². The number of non-ortho nitro benzene ring substituents is 1. The lowest BCUT2D eigenvalue weighted by Gasteiger charge is -2.21. The second-order valence-electron chi connectivity index (χ2n) is 6.60. The van der Waals surface area contributed by atoms with Gasteiger partial charge in [-0.2, -0.15) is 0 Å². The molecular formula is C16H19N5O7. The minimum absolute atomic E-state index is 0.0866. The van der Waals surface area contributed by atoms with Gasteiger partial charge in [0.05, 0.1) is 24.2 Å².